The first kappa shape index (κ1) is 26.4. The monoisotopic (exact) mass is 551 g/mol. The van der Waals surface area contributed by atoms with Crippen LogP contribution in [0, 0.1) is 10.1 Å². The van der Waals surface area contributed by atoms with Gasteiger partial charge < -0.3 is 15.1 Å². The molecule has 0 aromatic heterocycles. The highest BCUT2D eigenvalue weighted by Gasteiger charge is 2.37. The fraction of sp³-hybridized carbons (Fsp3) is 0.290. The number of benzene rings is 3. The predicted molar refractivity (Wildman–Crippen MR) is 153 cm³/mol. The molecule has 1 atom stereocenters. The topological polar surface area (TPSA) is 125 Å². The molecule has 3 amide bonds. The Morgan fingerprint density at radius 1 is 1.02 bits per heavy atom. The van der Waals surface area contributed by atoms with Crippen molar-refractivity contribution in [3.8, 4) is 0 Å². The maximum absolute atomic E-state index is 13.3. The second-order valence-corrected chi connectivity index (χ2v) is 10.7. The Morgan fingerprint density at radius 2 is 1.83 bits per heavy atom. The highest BCUT2D eigenvalue weighted by atomic mass is 16.6. The van der Waals surface area contributed by atoms with Gasteiger partial charge in [-0.15, -0.1) is 0 Å². The van der Waals surface area contributed by atoms with Gasteiger partial charge in [0.15, 0.2) is 0 Å². The molecule has 3 aromatic rings. The summed E-state index contributed by atoms with van der Waals surface area (Å²) < 4.78 is 0. The molecule has 0 saturated carbocycles. The molecule has 3 aliphatic rings. The Hall–Kier alpha value is -4.86. The predicted octanol–water partition coefficient (Wildman–Crippen LogP) is 4.48. The minimum atomic E-state index is -0.847. The molecule has 1 N–H and O–H groups in total. The van der Waals surface area contributed by atoms with E-state index in [-0.39, 0.29) is 23.4 Å². The molecule has 3 heterocycles. The third-order valence-electron chi connectivity index (χ3n) is 8.04. The zero-order chi connectivity index (χ0) is 28.7. The van der Waals surface area contributed by atoms with Crippen LogP contribution in [0.5, 0.6) is 0 Å². The molecule has 10 nitrogen and oxygen atoms in total. The summed E-state index contributed by atoms with van der Waals surface area (Å²) in [5.74, 6) is -0.963. The lowest BCUT2D eigenvalue weighted by Crippen LogP contribution is -2.34. The Morgan fingerprint density at radius 3 is 2.54 bits per heavy atom. The highest BCUT2D eigenvalue weighted by Crippen LogP contribution is 2.38. The van der Waals surface area contributed by atoms with Crippen LogP contribution in [-0.2, 0) is 33.9 Å². The first-order valence-electron chi connectivity index (χ1n) is 13.7. The quantitative estimate of drug-likeness (QED) is 0.275. The van der Waals surface area contributed by atoms with Gasteiger partial charge in [-0.05, 0) is 53.3 Å². The number of carbonyl (C=O) groups is 3. The summed E-state index contributed by atoms with van der Waals surface area (Å²) in [5.41, 5.74) is 5.91. The number of likely N-dealkylation sites (tertiary alicyclic amines) is 1. The van der Waals surface area contributed by atoms with Crippen LogP contribution < -0.4 is 5.32 Å². The van der Waals surface area contributed by atoms with E-state index in [1.165, 1.54) is 12.1 Å². The summed E-state index contributed by atoms with van der Waals surface area (Å²) in [6, 6.07) is 17.8. The number of anilines is 1. The molecule has 1 fully saturated rings. The summed E-state index contributed by atoms with van der Waals surface area (Å²) in [5, 5.41) is 14.4. The molecule has 3 aromatic carbocycles. The Labute approximate surface area is 236 Å². The van der Waals surface area contributed by atoms with Crippen LogP contribution >= 0.6 is 0 Å². The van der Waals surface area contributed by atoms with Crippen molar-refractivity contribution in [3.63, 3.8) is 0 Å². The molecule has 0 bridgehead atoms. The lowest BCUT2D eigenvalue weighted by atomic mass is 9.90. The van der Waals surface area contributed by atoms with Crippen LogP contribution in [0.3, 0.4) is 0 Å². The normalized spacial score (nSPS) is 18.3. The van der Waals surface area contributed by atoms with Crippen molar-refractivity contribution < 1.29 is 19.3 Å². The number of nitro benzene ring substituents is 1. The molecule has 1 unspecified atom stereocenters. The summed E-state index contributed by atoms with van der Waals surface area (Å²) in [7, 11) is 0. The summed E-state index contributed by atoms with van der Waals surface area (Å²) in [4.78, 5) is 57.0. The van der Waals surface area contributed by atoms with Gasteiger partial charge in [0.2, 0.25) is 17.7 Å². The fourth-order valence-corrected chi connectivity index (χ4v) is 5.82. The van der Waals surface area contributed by atoms with E-state index in [1.807, 2.05) is 47.4 Å². The highest BCUT2D eigenvalue weighted by molar-refractivity contribution is 6.24. The van der Waals surface area contributed by atoms with Crippen molar-refractivity contribution in [2.45, 2.75) is 45.2 Å². The number of aliphatic imine (C=N–C) groups is 1. The summed E-state index contributed by atoms with van der Waals surface area (Å²) in [6.07, 6.45) is 2.14. The number of carbonyl (C=O) groups excluding carboxylic acids is 3. The molecular weight excluding hydrogens is 522 g/mol. The molecular formula is C31H29N5O5. The second kappa shape index (κ2) is 10.6. The first-order chi connectivity index (χ1) is 19.8. The van der Waals surface area contributed by atoms with E-state index in [0.717, 1.165) is 29.7 Å². The number of nitrogens with one attached hydrogen (secondary N) is 1. The zero-order valence-corrected chi connectivity index (χ0v) is 22.6. The van der Waals surface area contributed by atoms with E-state index in [9.17, 15) is 24.5 Å². The molecule has 208 valence electrons. The number of hydrogen-bond donors (Lipinski definition) is 1. The number of rotatable bonds is 6. The van der Waals surface area contributed by atoms with Crippen molar-refractivity contribution in [1.29, 1.82) is 0 Å². The van der Waals surface area contributed by atoms with Crippen molar-refractivity contribution in [2.24, 2.45) is 4.99 Å². The molecule has 3 aliphatic heterocycles. The van der Waals surface area contributed by atoms with E-state index in [4.69, 9.17) is 4.99 Å². The van der Waals surface area contributed by atoms with E-state index in [0.29, 0.717) is 60.7 Å². The van der Waals surface area contributed by atoms with Gasteiger partial charge >= 0.3 is 0 Å². The Bertz CT molecular complexity index is 1610. The average Bonchev–Trinajstić information content (AvgIpc) is 3.52. The molecule has 0 radical (unpaired) electrons. The maximum Gasteiger partial charge on any atom is 0.269 e. The zero-order valence-electron chi connectivity index (χ0n) is 22.6. The van der Waals surface area contributed by atoms with Crippen molar-refractivity contribution in [1.82, 2.24) is 9.80 Å². The molecule has 0 spiro atoms. The fourth-order valence-electron chi connectivity index (χ4n) is 5.82. The van der Waals surface area contributed by atoms with E-state index >= 15 is 0 Å². The molecule has 1 saturated heterocycles. The van der Waals surface area contributed by atoms with Crippen LogP contribution in [0.1, 0.15) is 53.5 Å². The number of non-ortho nitro benzene ring substituents is 1. The third kappa shape index (κ3) is 5.20. The largest absolute Gasteiger partial charge is 0.338 e. The second-order valence-electron chi connectivity index (χ2n) is 10.7. The van der Waals surface area contributed by atoms with Crippen LogP contribution in [-0.4, -0.2) is 51.2 Å². The summed E-state index contributed by atoms with van der Waals surface area (Å²) >= 11 is 0. The molecule has 0 aliphatic carbocycles. The lowest BCUT2D eigenvalue weighted by Gasteiger charge is -2.28. The van der Waals surface area contributed by atoms with Gasteiger partial charge in [-0.3, -0.25) is 29.5 Å². The van der Waals surface area contributed by atoms with Crippen LogP contribution in [0.25, 0.3) is 0 Å². The van der Waals surface area contributed by atoms with Crippen molar-refractivity contribution in [3.05, 3.63) is 98.6 Å². The minimum Gasteiger partial charge on any atom is -0.338 e. The molecule has 41 heavy (non-hydrogen) atoms. The van der Waals surface area contributed by atoms with Gasteiger partial charge in [0, 0.05) is 62.9 Å². The minimum absolute atomic E-state index is 0.0394. The van der Waals surface area contributed by atoms with E-state index < -0.39 is 10.8 Å². The Kier molecular flexibility index (Phi) is 6.82. The van der Waals surface area contributed by atoms with Gasteiger partial charge in [-0.25, -0.2) is 0 Å². The Balaban J connectivity index is 1.40. The van der Waals surface area contributed by atoms with Crippen LogP contribution in [0.15, 0.2) is 65.7 Å². The molecule has 10 heteroatoms. The number of nitro groups is 1. The van der Waals surface area contributed by atoms with Gasteiger partial charge in [-0.2, -0.15) is 0 Å². The summed E-state index contributed by atoms with van der Waals surface area (Å²) in [6.45, 7) is 4.01. The standard InChI is InChI=1S/C31H29N5O5/c1-19(37)34-14-12-22-15-24(9-8-23(22)18-34)32-30(21-6-4-20(5-7-21)17-35-13-2-3-28(35)38)29-26-16-25(36(40)41)10-11-27(26)33-31(29)39/h4-11,15-16,29H,2-3,12-14,17-18H2,1H3,(H,33,39). The smallest absolute Gasteiger partial charge is 0.269 e. The van der Waals surface area contributed by atoms with Gasteiger partial charge in [0.1, 0.15) is 5.92 Å². The van der Waals surface area contributed by atoms with E-state index in [2.05, 4.69) is 5.32 Å². The number of amides is 3. The van der Waals surface area contributed by atoms with Crippen LogP contribution in [0.4, 0.5) is 17.1 Å². The average molecular weight is 552 g/mol. The van der Waals surface area contributed by atoms with Gasteiger partial charge in [-0.1, -0.05) is 30.3 Å². The number of nitrogens with zero attached hydrogens (tertiary/aromatic N) is 4. The third-order valence-corrected chi connectivity index (χ3v) is 8.04. The maximum atomic E-state index is 13.3. The number of hydrogen-bond acceptors (Lipinski definition) is 6. The van der Waals surface area contributed by atoms with Crippen molar-refractivity contribution >= 4 is 40.5 Å². The van der Waals surface area contributed by atoms with Crippen molar-refractivity contribution in [2.75, 3.05) is 18.4 Å². The first-order valence-corrected chi connectivity index (χ1v) is 13.7. The van der Waals surface area contributed by atoms with Crippen LogP contribution in [0.2, 0.25) is 0 Å². The van der Waals surface area contributed by atoms with E-state index in [1.54, 1.807) is 17.9 Å². The van der Waals surface area contributed by atoms with Gasteiger partial charge in [0.05, 0.1) is 16.3 Å². The van der Waals surface area contributed by atoms with Gasteiger partial charge in [0.25, 0.3) is 5.69 Å². The number of fused-ring (bicyclic) bond motifs is 2. The molecule has 6 rings (SSSR count). The SMILES string of the molecule is CC(=O)N1CCc2cc(N=C(c3ccc(CN4CCCC4=O)cc3)C3C(=O)Nc4ccc([N+](=O)[O-])cc43)ccc2C1. The lowest BCUT2D eigenvalue weighted by molar-refractivity contribution is -0.384.